The first-order valence-electron chi connectivity index (χ1n) is 7.81. The molecule has 1 unspecified atom stereocenters. The van der Waals surface area contributed by atoms with Crippen molar-refractivity contribution in [3.8, 4) is 0 Å². The Labute approximate surface area is 137 Å². The smallest absolute Gasteiger partial charge is 0.410 e. The van der Waals surface area contributed by atoms with Crippen LogP contribution in [0.5, 0.6) is 0 Å². The van der Waals surface area contributed by atoms with E-state index in [-0.39, 0.29) is 18.2 Å². The lowest BCUT2D eigenvalue weighted by atomic mass is 10.2. The van der Waals surface area contributed by atoms with E-state index in [9.17, 15) is 4.79 Å². The van der Waals surface area contributed by atoms with Gasteiger partial charge in [-0.25, -0.2) is 14.8 Å². The van der Waals surface area contributed by atoms with Gasteiger partial charge < -0.3 is 19.7 Å². The lowest BCUT2D eigenvalue weighted by molar-refractivity contribution is 0.0252. The Kier molecular flexibility index (Phi) is 5.54. The van der Waals surface area contributed by atoms with Gasteiger partial charge in [-0.05, 0) is 33.8 Å². The largest absolute Gasteiger partial charge is 0.444 e. The Hall–Kier alpha value is -1.73. The molecule has 0 aromatic carbocycles. The molecule has 0 radical (unpaired) electrons. The quantitative estimate of drug-likeness (QED) is 0.905. The molecule has 1 aromatic rings. The van der Waals surface area contributed by atoms with E-state index in [1.54, 1.807) is 18.2 Å². The number of nitrogens with one attached hydrogen (secondary N) is 1. The second kappa shape index (κ2) is 7.23. The van der Waals surface area contributed by atoms with E-state index >= 15 is 0 Å². The molecule has 2 rings (SSSR count). The highest BCUT2D eigenvalue weighted by molar-refractivity contribution is 5.68. The molecular formula is C16H26N4O3. The summed E-state index contributed by atoms with van der Waals surface area (Å²) < 4.78 is 10.9. The fourth-order valence-corrected chi connectivity index (χ4v) is 2.52. The fraction of sp³-hybridized carbons (Fsp3) is 0.688. The SMILES string of the molecule is CO[C@H]1CN(C(=O)OC(C)(C)C)CC1NCc1ccnc(C)n1. The molecule has 1 aliphatic rings. The van der Waals surface area contributed by atoms with Crippen LogP contribution in [0.1, 0.15) is 32.3 Å². The van der Waals surface area contributed by atoms with Gasteiger partial charge in [-0.3, -0.25) is 0 Å². The first-order valence-corrected chi connectivity index (χ1v) is 7.81. The highest BCUT2D eigenvalue weighted by Crippen LogP contribution is 2.17. The number of carbonyl (C=O) groups excluding carboxylic acids is 1. The van der Waals surface area contributed by atoms with Gasteiger partial charge >= 0.3 is 6.09 Å². The Morgan fingerprint density at radius 2 is 2.17 bits per heavy atom. The zero-order valence-corrected chi connectivity index (χ0v) is 14.5. The predicted octanol–water partition coefficient (Wildman–Crippen LogP) is 1.51. The van der Waals surface area contributed by atoms with Gasteiger partial charge in [-0.1, -0.05) is 0 Å². The van der Waals surface area contributed by atoms with Crippen LogP contribution >= 0.6 is 0 Å². The highest BCUT2D eigenvalue weighted by Gasteiger charge is 2.37. The van der Waals surface area contributed by atoms with Crippen LogP contribution in [0.4, 0.5) is 4.79 Å². The average molecular weight is 322 g/mol. The summed E-state index contributed by atoms with van der Waals surface area (Å²) in [5.41, 5.74) is 0.423. The first-order chi connectivity index (χ1) is 10.8. The summed E-state index contributed by atoms with van der Waals surface area (Å²) in [5, 5.41) is 3.41. The number of methoxy groups -OCH3 is 1. The maximum atomic E-state index is 12.2. The third kappa shape index (κ3) is 5.14. The summed E-state index contributed by atoms with van der Waals surface area (Å²) in [4.78, 5) is 22.3. The van der Waals surface area contributed by atoms with E-state index in [1.165, 1.54) is 0 Å². The zero-order chi connectivity index (χ0) is 17.0. The van der Waals surface area contributed by atoms with Gasteiger partial charge in [0.1, 0.15) is 11.4 Å². The minimum Gasteiger partial charge on any atom is -0.444 e. The normalized spacial score (nSPS) is 21.5. The number of aromatic nitrogens is 2. The summed E-state index contributed by atoms with van der Waals surface area (Å²) in [5.74, 6) is 0.745. The van der Waals surface area contributed by atoms with E-state index in [0.29, 0.717) is 19.6 Å². The maximum absolute atomic E-state index is 12.2. The van der Waals surface area contributed by atoms with E-state index in [2.05, 4.69) is 15.3 Å². The van der Waals surface area contributed by atoms with Crippen LogP contribution in [0.3, 0.4) is 0 Å². The molecule has 23 heavy (non-hydrogen) atoms. The van der Waals surface area contributed by atoms with Crippen LogP contribution in [0, 0.1) is 6.92 Å². The average Bonchev–Trinajstić information content (AvgIpc) is 2.87. The van der Waals surface area contributed by atoms with E-state index in [0.717, 1.165) is 11.5 Å². The minimum absolute atomic E-state index is 0.0442. The van der Waals surface area contributed by atoms with Crippen molar-refractivity contribution in [1.82, 2.24) is 20.2 Å². The molecule has 7 heteroatoms. The predicted molar refractivity (Wildman–Crippen MR) is 86.0 cm³/mol. The topological polar surface area (TPSA) is 76.6 Å². The second-order valence-corrected chi connectivity index (χ2v) is 6.74. The monoisotopic (exact) mass is 322 g/mol. The molecule has 2 atom stereocenters. The Balaban J connectivity index is 1.92. The first kappa shape index (κ1) is 17.6. The van der Waals surface area contributed by atoms with Gasteiger partial charge in [0.15, 0.2) is 0 Å². The number of nitrogens with zero attached hydrogens (tertiary/aromatic N) is 3. The number of rotatable bonds is 4. The lowest BCUT2D eigenvalue weighted by Crippen LogP contribution is -2.40. The van der Waals surface area contributed by atoms with Gasteiger partial charge in [0, 0.05) is 26.4 Å². The molecule has 0 saturated carbocycles. The van der Waals surface area contributed by atoms with Gasteiger partial charge in [0.05, 0.1) is 24.4 Å². The number of likely N-dealkylation sites (tertiary alicyclic amines) is 1. The van der Waals surface area contributed by atoms with Crippen LogP contribution in [-0.2, 0) is 16.0 Å². The molecule has 1 aromatic heterocycles. The van der Waals surface area contributed by atoms with Gasteiger partial charge in [0.25, 0.3) is 0 Å². The van der Waals surface area contributed by atoms with Crippen molar-refractivity contribution >= 4 is 6.09 Å². The van der Waals surface area contributed by atoms with E-state index in [1.807, 2.05) is 33.8 Å². The summed E-state index contributed by atoms with van der Waals surface area (Å²) in [6.45, 7) is 9.13. The molecule has 1 amide bonds. The third-order valence-electron chi connectivity index (χ3n) is 3.60. The Bertz CT molecular complexity index is 544. The molecule has 1 saturated heterocycles. The fourth-order valence-electron chi connectivity index (χ4n) is 2.52. The molecule has 0 bridgehead atoms. The number of hydrogen-bond donors (Lipinski definition) is 1. The summed E-state index contributed by atoms with van der Waals surface area (Å²) in [6, 6.07) is 1.92. The van der Waals surface area contributed by atoms with Crippen molar-refractivity contribution < 1.29 is 14.3 Å². The van der Waals surface area contributed by atoms with Crippen LogP contribution in [0.2, 0.25) is 0 Å². The molecule has 128 valence electrons. The van der Waals surface area contributed by atoms with Crippen molar-refractivity contribution in [3.05, 3.63) is 23.8 Å². The van der Waals surface area contributed by atoms with Crippen molar-refractivity contribution in [3.63, 3.8) is 0 Å². The number of carbonyl (C=O) groups is 1. The van der Waals surface area contributed by atoms with Gasteiger partial charge in [-0.15, -0.1) is 0 Å². The van der Waals surface area contributed by atoms with E-state index < -0.39 is 5.60 Å². The summed E-state index contributed by atoms with van der Waals surface area (Å²) >= 11 is 0. The number of amides is 1. The molecule has 7 nitrogen and oxygen atoms in total. The zero-order valence-electron chi connectivity index (χ0n) is 14.5. The lowest BCUT2D eigenvalue weighted by Gasteiger charge is -2.24. The molecular weight excluding hydrogens is 296 g/mol. The van der Waals surface area contributed by atoms with Crippen molar-refractivity contribution in [2.45, 2.75) is 52.0 Å². The van der Waals surface area contributed by atoms with Crippen molar-refractivity contribution in [1.29, 1.82) is 0 Å². The number of ether oxygens (including phenoxy) is 2. The number of aryl methyl sites for hydroxylation is 1. The maximum Gasteiger partial charge on any atom is 0.410 e. The summed E-state index contributed by atoms with van der Waals surface area (Å²) in [7, 11) is 1.66. The third-order valence-corrected chi connectivity index (χ3v) is 3.60. The highest BCUT2D eigenvalue weighted by atomic mass is 16.6. The molecule has 0 spiro atoms. The molecule has 1 fully saturated rings. The molecule has 2 heterocycles. The Morgan fingerprint density at radius 3 is 2.78 bits per heavy atom. The van der Waals surface area contributed by atoms with Crippen LogP contribution < -0.4 is 5.32 Å². The standard InChI is InChI=1S/C16H26N4O3/c1-11-17-7-6-12(19-11)8-18-13-9-20(10-14(13)22-5)15(21)23-16(2,3)4/h6-7,13-14,18H,8-10H2,1-5H3/t13?,14-/m0/s1. The van der Waals surface area contributed by atoms with Crippen molar-refractivity contribution in [2.75, 3.05) is 20.2 Å². The van der Waals surface area contributed by atoms with E-state index in [4.69, 9.17) is 9.47 Å². The Morgan fingerprint density at radius 1 is 1.43 bits per heavy atom. The molecule has 1 N–H and O–H groups in total. The molecule has 0 aliphatic carbocycles. The van der Waals surface area contributed by atoms with Gasteiger partial charge in [0.2, 0.25) is 0 Å². The summed E-state index contributed by atoms with van der Waals surface area (Å²) in [6.07, 6.45) is 1.38. The van der Waals surface area contributed by atoms with Gasteiger partial charge in [-0.2, -0.15) is 0 Å². The van der Waals surface area contributed by atoms with Crippen LogP contribution in [0.15, 0.2) is 12.3 Å². The van der Waals surface area contributed by atoms with Crippen molar-refractivity contribution in [2.24, 2.45) is 0 Å². The number of hydrogen-bond acceptors (Lipinski definition) is 6. The second-order valence-electron chi connectivity index (χ2n) is 6.74. The minimum atomic E-state index is -0.496. The van der Waals surface area contributed by atoms with Crippen LogP contribution in [0.25, 0.3) is 0 Å². The van der Waals surface area contributed by atoms with Crippen LogP contribution in [-0.4, -0.2) is 58.9 Å². The molecule has 1 aliphatic heterocycles.